The van der Waals surface area contributed by atoms with Crippen molar-refractivity contribution in [2.75, 3.05) is 5.73 Å². The molecule has 0 bridgehead atoms. The quantitative estimate of drug-likeness (QED) is 0.846. The number of aromatic nitrogens is 2. The van der Waals surface area contributed by atoms with Gasteiger partial charge in [-0.05, 0) is 24.5 Å². The van der Waals surface area contributed by atoms with Crippen molar-refractivity contribution >= 4 is 15.7 Å². The van der Waals surface area contributed by atoms with Crippen LogP contribution in [-0.2, 0) is 23.6 Å². The fourth-order valence-electron chi connectivity index (χ4n) is 2.26. The predicted octanol–water partition coefficient (Wildman–Crippen LogP) is 1.36. The van der Waals surface area contributed by atoms with E-state index in [0.717, 1.165) is 18.4 Å². The van der Waals surface area contributed by atoms with Gasteiger partial charge in [-0.2, -0.15) is 4.31 Å². The Morgan fingerprint density at radius 1 is 1.38 bits per heavy atom. The number of sulfonamides is 1. The Balaban J connectivity index is 1.94. The lowest BCUT2D eigenvalue weighted by atomic mass is 10.2. The fourth-order valence-corrected chi connectivity index (χ4v) is 3.89. The molecule has 7 heteroatoms. The van der Waals surface area contributed by atoms with Gasteiger partial charge in [0, 0.05) is 31.5 Å². The SMILES string of the molecule is Cn1cnc(S(=O)(=O)N(Cc2ccccc2N)C2CC2)c1. The van der Waals surface area contributed by atoms with E-state index < -0.39 is 10.0 Å². The number of rotatable bonds is 5. The van der Waals surface area contributed by atoms with Gasteiger partial charge in [0.15, 0.2) is 5.03 Å². The molecule has 1 aliphatic rings. The summed E-state index contributed by atoms with van der Waals surface area (Å²) in [6.45, 7) is 0.288. The van der Waals surface area contributed by atoms with Crippen LogP contribution in [0.4, 0.5) is 5.69 Å². The number of hydrogen-bond donors (Lipinski definition) is 1. The topological polar surface area (TPSA) is 81.2 Å². The molecular weight excluding hydrogens is 288 g/mol. The Kier molecular flexibility index (Phi) is 3.46. The highest BCUT2D eigenvalue weighted by molar-refractivity contribution is 7.89. The van der Waals surface area contributed by atoms with Crippen molar-refractivity contribution in [3.8, 4) is 0 Å². The molecule has 0 spiro atoms. The Morgan fingerprint density at radius 3 is 2.67 bits per heavy atom. The first-order valence-corrected chi connectivity index (χ1v) is 8.25. The summed E-state index contributed by atoms with van der Waals surface area (Å²) in [5, 5.41) is 0.0893. The summed E-state index contributed by atoms with van der Waals surface area (Å²) in [7, 11) is -1.83. The number of aryl methyl sites for hydroxylation is 1. The third-order valence-electron chi connectivity index (χ3n) is 3.59. The average molecular weight is 306 g/mol. The Labute approximate surface area is 124 Å². The van der Waals surface area contributed by atoms with Crippen LogP contribution in [0, 0.1) is 0 Å². The van der Waals surface area contributed by atoms with Crippen LogP contribution >= 0.6 is 0 Å². The molecule has 3 rings (SSSR count). The second kappa shape index (κ2) is 5.16. The van der Waals surface area contributed by atoms with E-state index in [2.05, 4.69) is 4.98 Å². The van der Waals surface area contributed by atoms with Crippen LogP contribution in [0.2, 0.25) is 0 Å². The maximum atomic E-state index is 12.8. The summed E-state index contributed by atoms with van der Waals surface area (Å²) in [6, 6.07) is 7.40. The van der Waals surface area contributed by atoms with Crippen LogP contribution in [-0.4, -0.2) is 28.3 Å². The van der Waals surface area contributed by atoms with Gasteiger partial charge < -0.3 is 10.3 Å². The zero-order valence-electron chi connectivity index (χ0n) is 11.8. The maximum Gasteiger partial charge on any atom is 0.262 e. The lowest BCUT2D eigenvalue weighted by molar-refractivity contribution is 0.397. The van der Waals surface area contributed by atoms with Crippen LogP contribution in [0.5, 0.6) is 0 Å². The van der Waals surface area contributed by atoms with Gasteiger partial charge >= 0.3 is 0 Å². The van der Waals surface area contributed by atoms with Crippen LogP contribution in [0.15, 0.2) is 41.8 Å². The minimum absolute atomic E-state index is 0.0524. The number of nitrogen functional groups attached to an aromatic ring is 1. The number of para-hydroxylation sites is 1. The zero-order valence-corrected chi connectivity index (χ0v) is 12.6. The van der Waals surface area contributed by atoms with Crippen LogP contribution in [0.25, 0.3) is 0 Å². The first kappa shape index (κ1) is 14.1. The van der Waals surface area contributed by atoms with Gasteiger partial charge in [-0.15, -0.1) is 0 Å². The largest absolute Gasteiger partial charge is 0.398 e. The van der Waals surface area contributed by atoms with Crippen molar-refractivity contribution in [3.63, 3.8) is 0 Å². The monoisotopic (exact) mass is 306 g/mol. The van der Waals surface area contributed by atoms with E-state index in [0.29, 0.717) is 5.69 Å². The fraction of sp³-hybridized carbons (Fsp3) is 0.357. The Hall–Kier alpha value is -1.86. The lowest BCUT2D eigenvalue weighted by Crippen LogP contribution is -2.33. The molecule has 0 atom stereocenters. The van der Waals surface area contributed by atoms with Crippen LogP contribution in [0.3, 0.4) is 0 Å². The van der Waals surface area contributed by atoms with E-state index in [1.54, 1.807) is 17.7 Å². The zero-order chi connectivity index (χ0) is 15.0. The van der Waals surface area contributed by atoms with E-state index in [-0.39, 0.29) is 17.6 Å². The summed E-state index contributed by atoms with van der Waals surface area (Å²) in [4.78, 5) is 3.98. The third-order valence-corrected chi connectivity index (χ3v) is 5.37. The minimum Gasteiger partial charge on any atom is -0.398 e. The first-order chi connectivity index (χ1) is 9.98. The van der Waals surface area contributed by atoms with E-state index in [1.165, 1.54) is 16.8 Å². The summed E-state index contributed by atoms with van der Waals surface area (Å²) in [5.74, 6) is 0. The van der Waals surface area contributed by atoms with Crippen molar-refractivity contribution in [2.45, 2.75) is 30.5 Å². The number of hydrogen-bond acceptors (Lipinski definition) is 4. The number of benzene rings is 1. The molecule has 1 saturated carbocycles. The van der Waals surface area contributed by atoms with Crippen molar-refractivity contribution in [1.29, 1.82) is 0 Å². The van der Waals surface area contributed by atoms with Gasteiger partial charge in [-0.1, -0.05) is 18.2 Å². The predicted molar refractivity (Wildman–Crippen MR) is 79.8 cm³/mol. The molecule has 1 aliphatic carbocycles. The molecule has 0 unspecified atom stereocenters. The second-order valence-corrected chi connectivity index (χ2v) is 7.20. The highest BCUT2D eigenvalue weighted by atomic mass is 32.2. The maximum absolute atomic E-state index is 12.8. The van der Waals surface area contributed by atoms with Crippen molar-refractivity contribution < 1.29 is 8.42 Å². The van der Waals surface area contributed by atoms with Crippen LogP contribution in [0.1, 0.15) is 18.4 Å². The number of imidazole rings is 1. The van der Waals surface area contributed by atoms with Gasteiger partial charge in [0.2, 0.25) is 0 Å². The molecule has 0 amide bonds. The van der Waals surface area contributed by atoms with Gasteiger partial charge in [0.1, 0.15) is 0 Å². The standard InChI is InChI=1S/C14H18N4O2S/c1-17-9-14(16-10-17)21(19,20)18(12-6-7-12)8-11-4-2-3-5-13(11)15/h2-5,9-10,12H,6-8,15H2,1H3. The summed E-state index contributed by atoms with van der Waals surface area (Å²) >= 11 is 0. The third kappa shape index (κ3) is 2.79. The molecule has 1 heterocycles. The van der Waals surface area contributed by atoms with Gasteiger partial charge in [0.05, 0.1) is 6.33 Å². The highest BCUT2D eigenvalue weighted by Gasteiger charge is 2.39. The molecule has 2 N–H and O–H groups in total. The van der Waals surface area contributed by atoms with E-state index in [9.17, 15) is 8.42 Å². The number of nitrogens with zero attached hydrogens (tertiary/aromatic N) is 3. The molecule has 112 valence electrons. The minimum atomic E-state index is -3.59. The van der Waals surface area contributed by atoms with E-state index in [4.69, 9.17) is 5.73 Å². The Morgan fingerprint density at radius 2 is 2.10 bits per heavy atom. The van der Waals surface area contributed by atoms with E-state index in [1.807, 2.05) is 18.2 Å². The smallest absolute Gasteiger partial charge is 0.262 e. The van der Waals surface area contributed by atoms with Crippen molar-refractivity contribution in [2.24, 2.45) is 7.05 Å². The molecule has 21 heavy (non-hydrogen) atoms. The Bertz CT molecular complexity index is 750. The van der Waals surface area contributed by atoms with Crippen LogP contribution < -0.4 is 5.73 Å². The van der Waals surface area contributed by atoms with E-state index >= 15 is 0 Å². The first-order valence-electron chi connectivity index (χ1n) is 6.81. The average Bonchev–Trinajstić information content (AvgIpc) is 3.18. The van der Waals surface area contributed by atoms with Crippen molar-refractivity contribution in [3.05, 3.63) is 42.4 Å². The summed E-state index contributed by atoms with van der Waals surface area (Å²) < 4.78 is 28.7. The summed E-state index contributed by atoms with van der Waals surface area (Å²) in [5.41, 5.74) is 7.37. The number of anilines is 1. The molecular formula is C14H18N4O2S. The molecule has 0 radical (unpaired) electrons. The van der Waals surface area contributed by atoms with Crippen molar-refractivity contribution in [1.82, 2.24) is 13.9 Å². The highest BCUT2D eigenvalue weighted by Crippen LogP contribution is 2.33. The molecule has 1 aromatic carbocycles. The van der Waals surface area contributed by atoms with Gasteiger partial charge in [-0.3, -0.25) is 0 Å². The molecule has 0 aliphatic heterocycles. The number of nitrogens with two attached hydrogens (primary N) is 1. The normalized spacial score (nSPS) is 15.5. The molecule has 6 nitrogen and oxygen atoms in total. The molecule has 0 saturated heterocycles. The second-order valence-electron chi connectivity index (χ2n) is 5.36. The molecule has 2 aromatic rings. The lowest BCUT2D eigenvalue weighted by Gasteiger charge is -2.21. The van der Waals surface area contributed by atoms with Gasteiger partial charge in [-0.25, -0.2) is 13.4 Å². The van der Waals surface area contributed by atoms with Gasteiger partial charge in [0.25, 0.3) is 10.0 Å². The molecule has 1 fully saturated rings. The summed E-state index contributed by atoms with van der Waals surface area (Å²) in [6.07, 6.45) is 4.80. The molecule has 1 aromatic heterocycles.